The first-order chi connectivity index (χ1) is 12.8. The third kappa shape index (κ3) is 6.51. The van der Waals surface area contributed by atoms with Crippen molar-refractivity contribution in [3.63, 3.8) is 0 Å². The van der Waals surface area contributed by atoms with E-state index in [0.29, 0.717) is 9.79 Å². The average molecular weight is 444 g/mol. The number of nitrogens with zero attached hydrogens (tertiary/aromatic N) is 1. The molecule has 154 valence electrons. The second-order valence-electron chi connectivity index (χ2n) is 5.09. The Hall–Kier alpha value is -2.08. The normalized spacial score (nSPS) is 11.6. The summed E-state index contributed by atoms with van der Waals surface area (Å²) in [5.41, 5.74) is 2.08. The van der Waals surface area contributed by atoms with Crippen molar-refractivity contribution in [3.05, 3.63) is 57.6 Å². The maximum Gasteiger partial charge on any atom is 0.423 e. The molecule has 2 aromatic carbocycles. The number of nitro benzene ring substituents is 1. The lowest BCUT2D eigenvalue weighted by Crippen LogP contribution is -2.08. The highest BCUT2D eigenvalue weighted by molar-refractivity contribution is 7.98. The molecule has 0 saturated heterocycles. The monoisotopic (exact) mass is 444 g/mol. The van der Waals surface area contributed by atoms with Crippen LogP contribution in [0.5, 0.6) is 0 Å². The van der Waals surface area contributed by atoms with Crippen LogP contribution in [-0.4, -0.2) is 17.4 Å². The van der Waals surface area contributed by atoms with Gasteiger partial charge in [-0.1, -0.05) is 0 Å². The minimum Gasteiger partial charge on any atom is -0.398 e. The van der Waals surface area contributed by atoms with Gasteiger partial charge in [0.05, 0.1) is 10.5 Å². The van der Waals surface area contributed by atoms with E-state index in [2.05, 4.69) is 0 Å². The molecule has 0 amide bonds. The quantitative estimate of drug-likeness (QED) is 0.197. The van der Waals surface area contributed by atoms with Crippen LogP contribution in [0, 0.1) is 10.1 Å². The van der Waals surface area contributed by atoms with Gasteiger partial charge in [0.15, 0.2) is 0 Å². The molecule has 0 bridgehead atoms. The number of halogens is 6. The van der Waals surface area contributed by atoms with Gasteiger partial charge in [0.1, 0.15) is 5.56 Å². The fourth-order valence-electron chi connectivity index (χ4n) is 1.94. The Bertz CT molecular complexity index is 841. The first kappa shape index (κ1) is 24.0. The zero-order valence-electron chi connectivity index (χ0n) is 14.4. The molecule has 0 aliphatic heterocycles. The Morgan fingerprint density at radius 2 is 1.29 bits per heavy atom. The summed E-state index contributed by atoms with van der Waals surface area (Å²) < 4.78 is 74.1. The molecular weight excluding hydrogens is 430 g/mol. The molecule has 0 unspecified atom stereocenters. The fourth-order valence-corrected chi connectivity index (χ4v) is 2.82. The van der Waals surface area contributed by atoms with Crippen LogP contribution in [-0.2, 0) is 12.4 Å². The van der Waals surface area contributed by atoms with Crippen LogP contribution in [0.2, 0.25) is 0 Å². The summed E-state index contributed by atoms with van der Waals surface area (Å²) in [6.07, 6.45) is -5.75. The standard InChI is InChI=1S/C8H6F3NO2S.C8H8F3NS/c1-15-5-2-3-7(12(13)14)6(4-5)8(9,10)11;1-13-5-2-3-7(12)6(4-5)8(9,10)11/h2-4H,1H3;2-4H,12H2,1H3. The van der Waals surface area contributed by atoms with Crippen molar-refractivity contribution < 1.29 is 31.3 Å². The molecule has 2 aromatic rings. The van der Waals surface area contributed by atoms with Crippen LogP contribution in [0.3, 0.4) is 0 Å². The maximum atomic E-state index is 12.4. The van der Waals surface area contributed by atoms with Crippen LogP contribution < -0.4 is 5.73 Å². The molecule has 28 heavy (non-hydrogen) atoms. The molecule has 0 atom stereocenters. The fraction of sp³-hybridized carbons (Fsp3) is 0.250. The van der Waals surface area contributed by atoms with Crippen molar-refractivity contribution in [2.24, 2.45) is 0 Å². The van der Waals surface area contributed by atoms with Crippen molar-refractivity contribution in [2.45, 2.75) is 22.1 Å². The van der Waals surface area contributed by atoms with E-state index in [1.807, 2.05) is 0 Å². The lowest BCUT2D eigenvalue weighted by molar-refractivity contribution is -0.388. The molecule has 2 N–H and O–H groups in total. The number of thioether (sulfide) groups is 2. The Kier molecular flexibility index (Phi) is 8.05. The van der Waals surface area contributed by atoms with E-state index in [1.54, 1.807) is 18.6 Å². The predicted octanol–water partition coefficient (Wildman–Crippen LogP) is 6.35. The van der Waals surface area contributed by atoms with Gasteiger partial charge in [-0.15, -0.1) is 23.5 Å². The Morgan fingerprint density at radius 1 is 0.857 bits per heavy atom. The van der Waals surface area contributed by atoms with Gasteiger partial charge in [0, 0.05) is 21.5 Å². The molecule has 0 heterocycles. The lowest BCUT2D eigenvalue weighted by atomic mass is 10.2. The van der Waals surface area contributed by atoms with Crippen LogP contribution in [0.25, 0.3) is 0 Å². The van der Waals surface area contributed by atoms with Crippen LogP contribution in [0.15, 0.2) is 46.2 Å². The first-order valence-corrected chi connectivity index (χ1v) is 9.66. The number of hydrogen-bond acceptors (Lipinski definition) is 5. The smallest absolute Gasteiger partial charge is 0.398 e. The van der Waals surface area contributed by atoms with Crippen molar-refractivity contribution in [1.82, 2.24) is 0 Å². The van der Waals surface area contributed by atoms with Crippen molar-refractivity contribution in [1.29, 1.82) is 0 Å². The second kappa shape index (κ2) is 9.41. The third-order valence-corrected chi connectivity index (χ3v) is 4.72. The zero-order chi connectivity index (χ0) is 21.7. The highest BCUT2D eigenvalue weighted by atomic mass is 32.2. The summed E-state index contributed by atoms with van der Waals surface area (Å²) in [6.45, 7) is 0. The van der Waals surface area contributed by atoms with Crippen LogP contribution in [0.4, 0.5) is 37.7 Å². The average Bonchev–Trinajstić information content (AvgIpc) is 2.60. The Morgan fingerprint density at radius 3 is 1.68 bits per heavy atom. The molecule has 0 fully saturated rings. The van der Waals surface area contributed by atoms with Gasteiger partial charge >= 0.3 is 12.4 Å². The SMILES string of the molecule is CSc1ccc(N)c(C(F)(F)F)c1.CSc1ccc([N+](=O)[O-])c(C(F)(F)F)c1. The molecule has 0 radical (unpaired) electrons. The highest BCUT2D eigenvalue weighted by Crippen LogP contribution is 2.38. The van der Waals surface area contributed by atoms with E-state index in [0.717, 1.165) is 30.0 Å². The summed E-state index contributed by atoms with van der Waals surface area (Å²) in [5, 5.41) is 10.4. The molecule has 0 aliphatic rings. The van der Waals surface area contributed by atoms with Gasteiger partial charge in [0.2, 0.25) is 0 Å². The molecule has 0 aliphatic carbocycles. The summed E-state index contributed by atoms with van der Waals surface area (Å²) in [4.78, 5) is 10.2. The van der Waals surface area contributed by atoms with Gasteiger partial charge in [-0.05, 0) is 42.8 Å². The van der Waals surface area contributed by atoms with Gasteiger partial charge in [0.25, 0.3) is 5.69 Å². The molecular formula is C16H14F6N2O2S2. The number of hydrogen-bond donors (Lipinski definition) is 1. The van der Waals surface area contributed by atoms with E-state index in [4.69, 9.17) is 5.73 Å². The molecule has 0 aromatic heterocycles. The number of nitrogens with two attached hydrogens (primary N) is 1. The third-order valence-electron chi connectivity index (χ3n) is 3.27. The van der Waals surface area contributed by atoms with Crippen LogP contribution in [0.1, 0.15) is 11.1 Å². The molecule has 12 heteroatoms. The second-order valence-corrected chi connectivity index (χ2v) is 6.85. The van der Waals surface area contributed by atoms with Gasteiger partial charge in [-0.25, -0.2) is 0 Å². The summed E-state index contributed by atoms with van der Waals surface area (Å²) in [5.74, 6) is 0. The Balaban J connectivity index is 0.000000283. The number of benzene rings is 2. The number of anilines is 1. The van der Waals surface area contributed by atoms with E-state index in [-0.39, 0.29) is 5.69 Å². The summed E-state index contributed by atoms with van der Waals surface area (Å²) >= 11 is 2.35. The summed E-state index contributed by atoms with van der Waals surface area (Å²) in [7, 11) is 0. The summed E-state index contributed by atoms with van der Waals surface area (Å²) in [6, 6.07) is 6.83. The van der Waals surface area contributed by atoms with Crippen molar-refractivity contribution in [3.8, 4) is 0 Å². The van der Waals surface area contributed by atoms with E-state index in [9.17, 15) is 36.5 Å². The molecule has 4 nitrogen and oxygen atoms in total. The topological polar surface area (TPSA) is 69.2 Å². The zero-order valence-corrected chi connectivity index (χ0v) is 16.0. The minimum atomic E-state index is -4.70. The number of nitro groups is 1. The Labute approximate surface area is 164 Å². The molecule has 0 saturated carbocycles. The number of nitrogen functional groups attached to an aromatic ring is 1. The van der Waals surface area contributed by atoms with Gasteiger partial charge < -0.3 is 5.73 Å². The molecule has 2 rings (SSSR count). The largest absolute Gasteiger partial charge is 0.423 e. The van der Waals surface area contributed by atoms with Crippen molar-refractivity contribution >= 4 is 34.9 Å². The van der Waals surface area contributed by atoms with Crippen LogP contribution >= 0.6 is 23.5 Å². The molecule has 0 spiro atoms. The lowest BCUT2D eigenvalue weighted by Gasteiger charge is -2.10. The van der Waals surface area contributed by atoms with Crippen molar-refractivity contribution in [2.75, 3.05) is 18.2 Å². The number of rotatable bonds is 3. The van der Waals surface area contributed by atoms with Gasteiger partial charge in [-0.3, -0.25) is 10.1 Å². The minimum absolute atomic E-state index is 0.231. The van der Waals surface area contributed by atoms with E-state index >= 15 is 0 Å². The number of alkyl halides is 6. The van der Waals surface area contributed by atoms with E-state index < -0.39 is 34.1 Å². The highest BCUT2D eigenvalue weighted by Gasteiger charge is 2.38. The maximum absolute atomic E-state index is 12.4. The van der Waals surface area contributed by atoms with E-state index in [1.165, 1.54) is 23.9 Å². The van der Waals surface area contributed by atoms with Gasteiger partial charge in [-0.2, -0.15) is 26.3 Å². The first-order valence-electron chi connectivity index (χ1n) is 7.21. The predicted molar refractivity (Wildman–Crippen MR) is 97.5 cm³/mol.